The predicted molar refractivity (Wildman–Crippen MR) is 82.0 cm³/mol. The van der Waals surface area contributed by atoms with Crippen LogP contribution in [0, 0.1) is 0 Å². The Kier molecular flexibility index (Phi) is 3.82. The lowest BCUT2D eigenvalue weighted by atomic mass is 10.1. The molecule has 2 aromatic rings. The lowest BCUT2D eigenvalue weighted by molar-refractivity contribution is 0.173. The molecule has 1 heterocycles. The molecular formula is C18H18O3. The highest BCUT2D eigenvalue weighted by Gasteiger charge is 2.19. The fourth-order valence-corrected chi connectivity index (χ4v) is 2.37. The van der Waals surface area contributed by atoms with Crippen LogP contribution in [0.3, 0.4) is 0 Å². The van der Waals surface area contributed by atoms with E-state index in [1.54, 1.807) is 0 Å². The van der Waals surface area contributed by atoms with Gasteiger partial charge in [0, 0.05) is 11.6 Å². The maximum absolute atomic E-state index is 6.13. The van der Waals surface area contributed by atoms with Gasteiger partial charge in [0.15, 0.2) is 11.5 Å². The Morgan fingerprint density at radius 3 is 2.62 bits per heavy atom. The number of allylic oxidation sites excluding steroid dienone is 1. The Hall–Kier alpha value is -2.42. The number of hydrogen-bond acceptors (Lipinski definition) is 3. The number of benzene rings is 2. The molecule has 0 bridgehead atoms. The molecule has 2 aromatic carbocycles. The molecule has 1 aliphatic rings. The van der Waals surface area contributed by atoms with Gasteiger partial charge in [-0.2, -0.15) is 0 Å². The topological polar surface area (TPSA) is 27.7 Å². The van der Waals surface area contributed by atoms with E-state index in [0.29, 0.717) is 0 Å². The van der Waals surface area contributed by atoms with Gasteiger partial charge in [-0.25, -0.2) is 0 Å². The summed E-state index contributed by atoms with van der Waals surface area (Å²) in [4.78, 5) is 0. The second-order valence-electron chi connectivity index (χ2n) is 4.98. The molecule has 0 spiro atoms. The minimum Gasteiger partial charge on any atom is -0.486 e. The number of ether oxygens (including phenoxy) is 3. The lowest BCUT2D eigenvalue weighted by Crippen LogP contribution is -2.04. The molecule has 1 atom stereocenters. The van der Waals surface area contributed by atoms with Crippen LogP contribution >= 0.6 is 0 Å². The Bertz CT molecular complexity index is 634. The van der Waals surface area contributed by atoms with Crippen molar-refractivity contribution >= 4 is 0 Å². The molecule has 0 saturated heterocycles. The third kappa shape index (κ3) is 2.87. The highest BCUT2D eigenvalue weighted by atomic mass is 16.7. The number of hydrogen-bond donors (Lipinski definition) is 0. The molecule has 3 nitrogen and oxygen atoms in total. The van der Waals surface area contributed by atoms with E-state index in [1.807, 2.05) is 43.3 Å². The summed E-state index contributed by atoms with van der Waals surface area (Å²) < 4.78 is 17.0. The van der Waals surface area contributed by atoms with Crippen LogP contribution < -0.4 is 14.2 Å². The summed E-state index contributed by atoms with van der Waals surface area (Å²) in [6.45, 7) is 6.10. The zero-order valence-corrected chi connectivity index (χ0v) is 12.0. The van der Waals surface area contributed by atoms with Crippen molar-refractivity contribution in [2.45, 2.75) is 19.4 Å². The first kappa shape index (κ1) is 13.6. The fraction of sp³-hybridized carbons (Fsp3) is 0.222. The summed E-state index contributed by atoms with van der Waals surface area (Å²) in [5.74, 6) is 2.32. The van der Waals surface area contributed by atoms with Crippen molar-refractivity contribution in [2.24, 2.45) is 0 Å². The minimum absolute atomic E-state index is 0.0323. The van der Waals surface area contributed by atoms with E-state index in [4.69, 9.17) is 14.2 Å². The van der Waals surface area contributed by atoms with Crippen molar-refractivity contribution in [3.63, 3.8) is 0 Å². The smallest absolute Gasteiger partial charge is 0.231 e. The highest BCUT2D eigenvalue weighted by Crippen LogP contribution is 2.39. The average molecular weight is 282 g/mol. The van der Waals surface area contributed by atoms with Crippen LogP contribution in [0.25, 0.3) is 0 Å². The normalized spacial score (nSPS) is 13.8. The molecule has 21 heavy (non-hydrogen) atoms. The van der Waals surface area contributed by atoms with Crippen LogP contribution in [0.2, 0.25) is 0 Å². The molecule has 108 valence electrons. The summed E-state index contributed by atoms with van der Waals surface area (Å²) in [5.41, 5.74) is 2.19. The summed E-state index contributed by atoms with van der Waals surface area (Å²) in [5, 5.41) is 0. The van der Waals surface area contributed by atoms with E-state index in [9.17, 15) is 0 Å². The second kappa shape index (κ2) is 5.92. The van der Waals surface area contributed by atoms with E-state index >= 15 is 0 Å². The fourth-order valence-electron chi connectivity index (χ4n) is 2.37. The van der Waals surface area contributed by atoms with Crippen LogP contribution in [-0.2, 0) is 6.42 Å². The summed E-state index contributed by atoms with van der Waals surface area (Å²) in [6, 6.07) is 14.0. The zero-order chi connectivity index (χ0) is 14.7. The second-order valence-corrected chi connectivity index (χ2v) is 4.98. The predicted octanol–water partition coefficient (Wildman–Crippen LogP) is 4.28. The molecule has 1 aliphatic heterocycles. The third-order valence-electron chi connectivity index (χ3n) is 3.49. The van der Waals surface area contributed by atoms with Crippen molar-refractivity contribution in [3.05, 3.63) is 66.2 Å². The van der Waals surface area contributed by atoms with E-state index in [-0.39, 0.29) is 12.9 Å². The first-order valence-corrected chi connectivity index (χ1v) is 7.03. The molecule has 0 aromatic heterocycles. The van der Waals surface area contributed by atoms with Crippen LogP contribution in [0.5, 0.6) is 17.2 Å². The lowest BCUT2D eigenvalue weighted by Gasteiger charge is -2.18. The average Bonchev–Trinajstić information content (AvgIpc) is 2.96. The SMILES string of the molecule is C=CCc1cc2c(cc1OC(C)c1ccccc1)OCO2. The van der Waals surface area contributed by atoms with Crippen LogP contribution in [0.15, 0.2) is 55.1 Å². The summed E-state index contributed by atoms with van der Waals surface area (Å²) in [7, 11) is 0. The number of fused-ring (bicyclic) bond motifs is 1. The van der Waals surface area contributed by atoms with Gasteiger partial charge in [-0.15, -0.1) is 6.58 Å². The monoisotopic (exact) mass is 282 g/mol. The molecule has 0 radical (unpaired) electrons. The minimum atomic E-state index is -0.0323. The summed E-state index contributed by atoms with van der Waals surface area (Å²) >= 11 is 0. The van der Waals surface area contributed by atoms with Gasteiger partial charge >= 0.3 is 0 Å². The van der Waals surface area contributed by atoms with E-state index in [0.717, 1.165) is 34.8 Å². The van der Waals surface area contributed by atoms with Gasteiger partial charge < -0.3 is 14.2 Å². The molecule has 0 amide bonds. The van der Waals surface area contributed by atoms with Crippen LogP contribution in [-0.4, -0.2) is 6.79 Å². The summed E-state index contributed by atoms with van der Waals surface area (Å²) in [6.07, 6.45) is 2.56. The van der Waals surface area contributed by atoms with Crippen LogP contribution in [0.1, 0.15) is 24.2 Å². The van der Waals surface area contributed by atoms with Crippen molar-refractivity contribution in [1.82, 2.24) is 0 Å². The molecular weight excluding hydrogens is 264 g/mol. The van der Waals surface area contributed by atoms with E-state index in [2.05, 4.69) is 18.7 Å². The Morgan fingerprint density at radius 2 is 1.90 bits per heavy atom. The van der Waals surface area contributed by atoms with Crippen molar-refractivity contribution < 1.29 is 14.2 Å². The van der Waals surface area contributed by atoms with Gasteiger partial charge in [0.2, 0.25) is 6.79 Å². The highest BCUT2D eigenvalue weighted by molar-refractivity contribution is 5.52. The molecule has 3 rings (SSSR count). The van der Waals surface area contributed by atoms with E-state index < -0.39 is 0 Å². The largest absolute Gasteiger partial charge is 0.486 e. The van der Waals surface area contributed by atoms with Crippen LogP contribution in [0.4, 0.5) is 0 Å². The molecule has 3 heteroatoms. The van der Waals surface area contributed by atoms with Gasteiger partial charge in [-0.05, 0) is 25.0 Å². The zero-order valence-electron chi connectivity index (χ0n) is 12.0. The first-order chi connectivity index (χ1) is 10.3. The maximum Gasteiger partial charge on any atom is 0.231 e. The van der Waals surface area contributed by atoms with Gasteiger partial charge in [-0.1, -0.05) is 36.4 Å². The molecule has 0 saturated carbocycles. The van der Waals surface area contributed by atoms with Gasteiger partial charge in [0.25, 0.3) is 0 Å². The van der Waals surface area contributed by atoms with Crippen molar-refractivity contribution in [2.75, 3.05) is 6.79 Å². The van der Waals surface area contributed by atoms with Gasteiger partial charge in [0.05, 0.1) is 0 Å². The Balaban J connectivity index is 1.88. The van der Waals surface area contributed by atoms with E-state index in [1.165, 1.54) is 0 Å². The molecule has 0 N–H and O–H groups in total. The molecule has 0 fully saturated rings. The standard InChI is InChI=1S/C18H18O3/c1-3-7-15-10-17-18(20-12-19-17)11-16(15)21-13(2)14-8-5-4-6-9-14/h3-6,8-11,13H,1,7,12H2,2H3. The molecule has 1 unspecified atom stereocenters. The third-order valence-corrected chi connectivity index (χ3v) is 3.49. The van der Waals surface area contributed by atoms with Gasteiger partial charge in [-0.3, -0.25) is 0 Å². The van der Waals surface area contributed by atoms with Crippen molar-refractivity contribution in [3.8, 4) is 17.2 Å². The van der Waals surface area contributed by atoms with Gasteiger partial charge in [0.1, 0.15) is 11.9 Å². The number of rotatable bonds is 5. The Labute approximate surface area is 124 Å². The first-order valence-electron chi connectivity index (χ1n) is 7.03. The quantitative estimate of drug-likeness (QED) is 0.766. The maximum atomic E-state index is 6.13. The van der Waals surface area contributed by atoms with Crippen molar-refractivity contribution in [1.29, 1.82) is 0 Å². The Morgan fingerprint density at radius 1 is 1.19 bits per heavy atom. The molecule has 0 aliphatic carbocycles.